The number of rotatable bonds is 13. The first-order chi connectivity index (χ1) is 21.7. The molecule has 0 bridgehead atoms. The standard InChI is InChI=1S/C33H29ClF3N3O5/c1-42-13-12-40-28-15-22(33(41)43-2)9-11-27(28)38-31(40)16-20-6-7-21(14-25(20)35)26-4-3-5-32(39-26)45-18-23-8-10-24(34)17-29(23)44-19-30(36)37/h3-11,14-15,17,30H,12-13,16,18-19H2,1-2H3. The number of nitrogens with zero attached hydrogens (tertiary/aromatic N) is 3. The maximum atomic E-state index is 15.5. The maximum Gasteiger partial charge on any atom is 0.337 e. The predicted molar refractivity (Wildman–Crippen MR) is 163 cm³/mol. The van der Waals surface area contributed by atoms with Crippen LogP contribution in [-0.2, 0) is 29.0 Å². The average Bonchev–Trinajstić information content (AvgIpc) is 3.38. The van der Waals surface area contributed by atoms with E-state index in [0.29, 0.717) is 63.0 Å². The van der Waals surface area contributed by atoms with Crippen LogP contribution in [-0.4, -0.2) is 54.4 Å². The van der Waals surface area contributed by atoms with E-state index in [-0.39, 0.29) is 24.7 Å². The van der Waals surface area contributed by atoms with Crippen LogP contribution in [0.1, 0.15) is 27.3 Å². The molecule has 2 heterocycles. The van der Waals surface area contributed by atoms with E-state index < -0.39 is 24.8 Å². The molecule has 0 fully saturated rings. The lowest BCUT2D eigenvalue weighted by Crippen LogP contribution is -2.10. The molecule has 0 aliphatic heterocycles. The molecule has 0 aliphatic rings. The number of alkyl halides is 2. The third-order valence-corrected chi connectivity index (χ3v) is 7.19. The van der Waals surface area contributed by atoms with E-state index >= 15 is 4.39 Å². The summed E-state index contributed by atoms with van der Waals surface area (Å²) in [5.41, 5.74) is 3.72. The molecule has 8 nitrogen and oxygen atoms in total. The number of hydrogen-bond acceptors (Lipinski definition) is 7. The topological polar surface area (TPSA) is 84.7 Å². The zero-order valence-electron chi connectivity index (χ0n) is 24.4. The first kappa shape index (κ1) is 31.8. The number of imidazole rings is 1. The summed E-state index contributed by atoms with van der Waals surface area (Å²) in [5.74, 6) is 0.156. The third-order valence-electron chi connectivity index (χ3n) is 6.96. The van der Waals surface area contributed by atoms with Gasteiger partial charge in [-0.2, -0.15) is 0 Å². The second-order valence-electron chi connectivity index (χ2n) is 9.95. The Balaban J connectivity index is 1.34. The number of halogens is 4. The summed E-state index contributed by atoms with van der Waals surface area (Å²) in [6, 6.07) is 19.7. The SMILES string of the molecule is COCCn1c(Cc2ccc(-c3cccc(OCc4ccc(Cl)cc4OCC(F)F)n3)cc2F)nc2ccc(C(=O)OC)cc21. The van der Waals surface area contributed by atoms with Gasteiger partial charge in [-0.3, -0.25) is 0 Å². The second-order valence-corrected chi connectivity index (χ2v) is 10.4. The van der Waals surface area contributed by atoms with Crippen molar-refractivity contribution in [2.45, 2.75) is 26.0 Å². The predicted octanol–water partition coefficient (Wildman–Crippen LogP) is 7.14. The number of carbonyl (C=O) groups is 1. The number of hydrogen-bond donors (Lipinski definition) is 0. The van der Waals surface area contributed by atoms with Gasteiger partial charge < -0.3 is 23.5 Å². The minimum Gasteiger partial charge on any atom is -0.487 e. The van der Waals surface area contributed by atoms with Crippen molar-refractivity contribution in [3.05, 3.63) is 106 Å². The minimum atomic E-state index is -2.64. The largest absolute Gasteiger partial charge is 0.487 e. The van der Waals surface area contributed by atoms with Gasteiger partial charge in [-0.25, -0.2) is 27.9 Å². The van der Waals surface area contributed by atoms with Gasteiger partial charge in [0.05, 0.1) is 36.0 Å². The number of benzene rings is 3. The lowest BCUT2D eigenvalue weighted by molar-refractivity contribution is 0.0600. The zero-order valence-corrected chi connectivity index (χ0v) is 25.2. The summed E-state index contributed by atoms with van der Waals surface area (Å²) in [7, 11) is 2.91. The van der Waals surface area contributed by atoms with Crippen LogP contribution < -0.4 is 9.47 Å². The fraction of sp³-hybridized carbons (Fsp3) is 0.242. The van der Waals surface area contributed by atoms with Gasteiger partial charge in [0.25, 0.3) is 6.43 Å². The number of fused-ring (bicyclic) bond motifs is 1. The number of pyridine rings is 1. The maximum absolute atomic E-state index is 15.5. The van der Waals surface area contributed by atoms with Crippen LogP contribution in [0.25, 0.3) is 22.3 Å². The van der Waals surface area contributed by atoms with E-state index in [2.05, 4.69) is 4.98 Å². The molecule has 0 saturated carbocycles. The summed E-state index contributed by atoms with van der Waals surface area (Å²) < 4.78 is 63.9. The van der Waals surface area contributed by atoms with Crippen molar-refractivity contribution in [3.8, 4) is 22.9 Å². The van der Waals surface area contributed by atoms with Crippen LogP contribution in [0.4, 0.5) is 13.2 Å². The van der Waals surface area contributed by atoms with E-state index in [1.54, 1.807) is 67.8 Å². The molecule has 0 aliphatic carbocycles. The molecule has 12 heteroatoms. The van der Waals surface area contributed by atoms with Gasteiger partial charge >= 0.3 is 5.97 Å². The molecule has 0 radical (unpaired) electrons. The van der Waals surface area contributed by atoms with Crippen LogP contribution in [0, 0.1) is 5.82 Å². The third kappa shape index (κ3) is 7.73. The summed E-state index contributed by atoms with van der Waals surface area (Å²) in [6.45, 7) is 0.0722. The Bertz CT molecular complexity index is 1810. The summed E-state index contributed by atoms with van der Waals surface area (Å²) >= 11 is 6.00. The number of aromatic nitrogens is 3. The van der Waals surface area contributed by atoms with Gasteiger partial charge in [-0.1, -0.05) is 35.9 Å². The van der Waals surface area contributed by atoms with Crippen molar-refractivity contribution in [1.82, 2.24) is 14.5 Å². The summed E-state index contributed by atoms with van der Waals surface area (Å²) in [5, 5.41) is 0.341. The molecule has 234 valence electrons. The molecule has 0 amide bonds. The highest BCUT2D eigenvalue weighted by molar-refractivity contribution is 6.30. The molecule has 5 rings (SSSR count). The first-order valence-corrected chi connectivity index (χ1v) is 14.3. The lowest BCUT2D eigenvalue weighted by Gasteiger charge is -2.13. The second kappa shape index (κ2) is 14.4. The molecule has 3 aromatic carbocycles. The van der Waals surface area contributed by atoms with E-state index in [1.807, 2.05) is 4.57 Å². The molecule has 0 atom stereocenters. The van der Waals surface area contributed by atoms with Crippen LogP contribution in [0.3, 0.4) is 0 Å². The van der Waals surface area contributed by atoms with E-state index in [0.717, 1.165) is 0 Å². The van der Waals surface area contributed by atoms with E-state index in [9.17, 15) is 13.6 Å². The van der Waals surface area contributed by atoms with Crippen molar-refractivity contribution >= 4 is 28.6 Å². The number of carbonyl (C=O) groups excluding carboxylic acids is 1. The smallest absolute Gasteiger partial charge is 0.337 e. The van der Waals surface area contributed by atoms with E-state index in [4.69, 9.17) is 35.5 Å². The summed E-state index contributed by atoms with van der Waals surface area (Å²) in [6.07, 6.45) is -2.44. The Morgan fingerprint density at radius 1 is 0.956 bits per heavy atom. The van der Waals surface area contributed by atoms with Crippen LogP contribution in [0.2, 0.25) is 5.02 Å². The molecule has 0 unspecified atom stereocenters. The van der Waals surface area contributed by atoms with E-state index in [1.165, 1.54) is 19.2 Å². The lowest BCUT2D eigenvalue weighted by atomic mass is 10.1. The molecule has 0 N–H and O–H groups in total. The van der Waals surface area contributed by atoms with Crippen molar-refractivity contribution in [1.29, 1.82) is 0 Å². The van der Waals surface area contributed by atoms with Gasteiger partial charge in [0.15, 0.2) is 0 Å². The number of esters is 1. The number of ether oxygens (including phenoxy) is 4. The monoisotopic (exact) mass is 639 g/mol. The van der Waals surface area contributed by atoms with Crippen molar-refractivity contribution in [2.75, 3.05) is 27.4 Å². The Morgan fingerprint density at radius 2 is 1.78 bits per heavy atom. The molecule has 5 aromatic rings. The Kier molecular flexibility index (Phi) is 10.2. The normalized spacial score (nSPS) is 11.3. The van der Waals surface area contributed by atoms with Gasteiger partial charge in [0.2, 0.25) is 5.88 Å². The Morgan fingerprint density at radius 3 is 2.53 bits per heavy atom. The Labute approximate surface area is 262 Å². The molecular weight excluding hydrogens is 611 g/mol. The average molecular weight is 640 g/mol. The molecule has 45 heavy (non-hydrogen) atoms. The van der Waals surface area contributed by atoms with Crippen molar-refractivity contribution in [2.24, 2.45) is 0 Å². The molecule has 0 saturated heterocycles. The highest BCUT2D eigenvalue weighted by Gasteiger charge is 2.17. The van der Waals surface area contributed by atoms with Crippen molar-refractivity contribution in [3.63, 3.8) is 0 Å². The molecule has 2 aromatic heterocycles. The van der Waals surface area contributed by atoms with Crippen LogP contribution >= 0.6 is 11.6 Å². The number of methoxy groups -OCH3 is 2. The van der Waals surface area contributed by atoms with Gasteiger partial charge in [0, 0.05) is 42.3 Å². The first-order valence-electron chi connectivity index (χ1n) is 13.9. The van der Waals surface area contributed by atoms with Gasteiger partial charge in [-0.15, -0.1) is 0 Å². The molecule has 0 spiro atoms. The van der Waals surface area contributed by atoms with Gasteiger partial charge in [0.1, 0.15) is 30.6 Å². The molecular formula is C33H29ClF3N3O5. The van der Waals surface area contributed by atoms with Crippen LogP contribution in [0.5, 0.6) is 11.6 Å². The van der Waals surface area contributed by atoms with Crippen molar-refractivity contribution < 1.29 is 36.9 Å². The zero-order chi connectivity index (χ0) is 31.9. The van der Waals surface area contributed by atoms with Crippen LogP contribution in [0.15, 0.2) is 72.8 Å². The quantitative estimate of drug-likeness (QED) is 0.127. The summed E-state index contributed by atoms with van der Waals surface area (Å²) in [4.78, 5) is 21.3. The highest BCUT2D eigenvalue weighted by Crippen LogP contribution is 2.28. The minimum absolute atomic E-state index is 0.00924. The van der Waals surface area contributed by atoms with Gasteiger partial charge in [-0.05, 0) is 48.0 Å². The Hall–Kier alpha value is -4.61. The fourth-order valence-electron chi connectivity index (χ4n) is 4.75. The highest BCUT2D eigenvalue weighted by atomic mass is 35.5. The fourth-order valence-corrected chi connectivity index (χ4v) is 4.91.